The van der Waals surface area contributed by atoms with Crippen molar-refractivity contribution in [2.24, 2.45) is 5.73 Å². The van der Waals surface area contributed by atoms with Gasteiger partial charge in [-0.2, -0.15) is 0 Å². The number of ether oxygens (including phenoxy) is 1. The van der Waals surface area contributed by atoms with Crippen molar-refractivity contribution in [1.29, 1.82) is 0 Å². The highest BCUT2D eigenvalue weighted by Crippen LogP contribution is 2.22. The van der Waals surface area contributed by atoms with Gasteiger partial charge in [-0.1, -0.05) is 0 Å². The summed E-state index contributed by atoms with van der Waals surface area (Å²) in [5.74, 6) is 0.270. The maximum absolute atomic E-state index is 12.0. The number of anilines is 1. The van der Waals surface area contributed by atoms with E-state index in [4.69, 9.17) is 10.5 Å². The zero-order chi connectivity index (χ0) is 13.7. The Morgan fingerprint density at radius 1 is 1.58 bits per heavy atom. The first-order valence-corrected chi connectivity index (χ1v) is 6.56. The van der Waals surface area contributed by atoms with E-state index in [0.717, 1.165) is 5.01 Å². The fourth-order valence-corrected chi connectivity index (χ4v) is 2.29. The number of nitrogens with two attached hydrogens (primary N) is 1. The molecule has 0 atom stereocenters. The third kappa shape index (κ3) is 3.27. The first kappa shape index (κ1) is 13.4. The third-order valence-electron chi connectivity index (χ3n) is 2.39. The largest absolute Gasteiger partial charge is 0.494 e. The van der Waals surface area contributed by atoms with Gasteiger partial charge in [-0.15, -0.1) is 11.3 Å². The van der Waals surface area contributed by atoms with Gasteiger partial charge in [0.25, 0.3) is 5.91 Å². The van der Waals surface area contributed by atoms with Crippen LogP contribution in [0.15, 0.2) is 23.8 Å². The summed E-state index contributed by atoms with van der Waals surface area (Å²) < 4.78 is 5.14. The van der Waals surface area contributed by atoms with Crippen molar-refractivity contribution >= 4 is 22.9 Å². The van der Waals surface area contributed by atoms with Crippen LogP contribution in [0.4, 0.5) is 5.69 Å². The second-order valence-corrected chi connectivity index (χ2v) is 4.64. The van der Waals surface area contributed by atoms with Crippen LogP contribution >= 0.6 is 11.3 Å². The van der Waals surface area contributed by atoms with Gasteiger partial charge in [0, 0.05) is 24.1 Å². The van der Waals surface area contributed by atoms with E-state index < -0.39 is 0 Å². The first-order chi connectivity index (χ1) is 9.24. The summed E-state index contributed by atoms with van der Waals surface area (Å²) in [5, 5.41) is 5.28. The van der Waals surface area contributed by atoms with Crippen molar-refractivity contribution in [3.8, 4) is 5.75 Å². The van der Waals surface area contributed by atoms with Crippen molar-refractivity contribution in [2.75, 3.05) is 19.0 Å². The van der Waals surface area contributed by atoms with E-state index in [2.05, 4.69) is 15.3 Å². The van der Waals surface area contributed by atoms with E-state index in [1.807, 2.05) is 0 Å². The molecule has 0 fully saturated rings. The molecule has 2 heterocycles. The summed E-state index contributed by atoms with van der Waals surface area (Å²) in [6, 6.07) is 1.68. The zero-order valence-electron chi connectivity index (χ0n) is 10.4. The molecule has 6 nitrogen and oxygen atoms in total. The normalized spacial score (nSPS) is 10.2. The minimum absolute atomic E-state index is 0.286. The molecule has 0 aliphatic heterocycles. The maximum Gasteiger partial charge on any atom is 0.275 e. The highest BCUT2D eigenvalue weighted by molar-refractivity contribution is 7.09. The fourth-order valence-electron chi connectivity index (χ4n) is 1.49. The standard InChI is InChI=1S/C12H14N4O2S/c1-18-10-3-5-14-6-8(10)16-12(17)9-7-19-11(15-9)2-4-13/h3,5-7H,2,4,13H2,1H3,(H,16,17). The summed E-state index contributed by atoms with van der Waals surface area (Å²) in [6.45, 7) is 0.519. The van der Waals surface area contributed by atoms with Crippen LogP contribution in [0, 0.1) is 0 Å². The number of aromatic nitrogens is 2. The van der Waals surface area contributed by atoms with E-state index in [1.165, 1.54) is 24.6 Å². The van der Waals surface area contributed by atoms with Gasteiger partial charge in [0.1, 0.15) is 17.1 Å². The van der Waals surface area contributed by atoms with Crippen LogP contribution in [-0.2, 0) is 6.42 Å². The van der Waals surface area contributed by atoms with E-state index in [0.29, 0.717) is 30.1 Å². The molecule has 2 rings (SSSR count). The summed E-state index contributed by atoms with van der Waals surface area (Å²) in [7, 11) is 1.53. The molecular weight excluding hydrogens is 264 g/mol. The van der Waals surface area contributed by atoms with Crippen molar-refractivity contribution in [1.82, 2.24) is 9.97 Å². The van der Waals surface area contributed by atoms with Crippen molar-refractivity contribution in [3.05, 3.63) is 34.5 Å². The van der Waals surface area contributed by atoms with E-state index >= 15 is 0 Å². The molecule has 19 heavy (non-hydrogen) atoms. The van der Waals surface area contributed by atoms with Crippen LogP contribution in [0.5, 0.6) is 5.75 Å². The lowest BCUT2D eigenvalue weighted by Gasteiger charge is -2.07. The molecule has 7 heteroatoms. The van der Waals surface area contributed by atoms with Gasteiger partial charge in [0.05, 0.1) is 18.3 Å². The molecule has 100 valence electrons. The Kier molecular flexibility index (Phi) is 4.43. The second kappa shape index (κ2) is 6.26. The Morgan fingerprint density at radius 3 is 3.16 bits per heavy atom. The zero-order valence-corrected chi connectivity index (χ0v) is 11.2. The molecule has 0 aliphatic carbocycles. The Morgan fingerprint density at radius 2 is 2.42 bits per heavy atom. The lowest BCUT2D eigenvalue weighted by Crippen LogP contribution is -2.13. The molecule has 0 saturated heterocycles. The van der Waals surface area contributed by atoms with Gasteiger partial charge in [-0.3, -0.25) is 9.78 Å². The number of thiazole rings is 1. The van der Waals surface area contributed by atoms with E-state index in [-0.39, 0.29) is 5.91 Å². The SMILES string of the molecule is COc1ccncc1NC(=O)c1csc(CCN)n1. The molecule has 0 spiro atoms. The smallest absolute Gasteiger partial charge is 0.275 e. The molecule has 0 unspecified atom stereocenters. The van der Waals surface area contributed by atoms with Crippen LogP contribution in [0.1, 0.15) is 15.5 Å². The summed E-state index contributed by atoms with van der Waals surface area (Å²) >= 11 is 1.42. The van der Waals surface area contributed by atoms with Crippen LogP contribution in [0.25, 0.3) is 0 Å². The van der Waals surface area contributed by atoms with E-state index in [1.54, 1.807) is 17.6 Å². The quantitative estimate of drug-likeness (QED) is 0.860. The number of nitrogens with zero attached hydrogens (tertiary/aromatic N) is 2. The minimum atomic E-state index is -0.286. The number of hydrogen-bond donors (Lipinski definition) is 2. The number of methoxy groups -OCH3 is 1. The molecule has 2 aromatic rings. The molecular formula is C12H14N4O2S. The number of hydrogen-bond acceptors (Lipinski definition) is 6. The van der Waals surface area contributed by atoms with Crippen LogP contribution < -0.4 is 15.8 Å². The summed E-state index contributed by atoms with van der Waals surface area (Å²) in [4.78, 5) is 20.2. The number of pyridine rings is 1. The predicted molar refractivity (Wildman–Crippen MR) is 73.6 cm³/mol. The van der Waals surface area contributed by atoms with Crippen molar-refractivity contribution < 1.29 is 9.53 Å². The molecule has 2 aromatic heterocycles. The van der Waals surface area contributed by atoms with Gasteiger partial charge < -0.3 is 15.8 Å². The van der Waals surface area contributed by atoms with Crippen LogP contribution in [0.2, 0.25) is 0 Å². The van der Waals surface area contributed by atoms with Gasteiger partial charge >= 0.3 is 0 Å². The van der Waals surface area contributed by atoms with Gasteiger partial charge in [0.15, 0.2) is 0 Å². The third-order valence-corrected chi connectivity index (χ3v) is 3.30. The van der Waals surface area contributed by atoms with Crippen molar-refractivity contribution in [2.45, 2.75) is 6.42 Å². The average Bonchev–Trinajstić information content (AvgIpc) is 2.88. The van der Waals surface area contributed by atoms with Crippen molar-refractivity contribution in [3.63, 3.8) is 0 Å². The fraction of sp³-hybridized carbons (Fsp3) is 0.250. The molecule has 0 bridgehead atoms. The Hall–Kier alpha value is -1.99. The molecule has 0 aromatic carbocycles. The minimum Gasteiger partial charge on any atom is -0.494 e. The molecule has 1 amide bonds. The maximum atomic E-state index is 12.0. The monoisotopic (exact) mass is 278 g/mol. The van der Waals surface area contributed by atoms with Gasteiger partial charge in [0.2, 0.25) is 0 Å². The number of rotatable bonds is 5. The molecule has 3 N–H and O–H groups in total. The Balaban J connectivity index is 2.11. The van der Waals surface area contributed by atoms with Crippen LogP contribution in [-0.4, -0.2) is 29.5 Å². The van der Waals surface area contributed by atoms with E-state index in [9.17, 15) is 4.79 Å². The Bertz CT molecular complexity index is 570. The number of carbonyl (C=O) groups excluding carboxylic acids is 1. The number of carbonyl (C=O) groups is 1. The highest BCUT2D eigenvalue weighted by atomic mass is 32.1. The average molecular weight is 278 g/mol. The number of nitrogens with one attached hydrogen (secondary N) is 1. The molecule has 0 aliphatic rings. The number of amides is 1. The van der Waals surface area contributed by atoms with Gasteiger partial charge in [-0.05, 0) is 6.54 Å². The topological polar surface area (TPSA) is 90.1 Å². The van der Waals surface area contributed by atoms with Crippen LogP contribution in [0.3, 0.4) is 0 Å². The lowest BCUT2D eigenvalue weighted by atomic mass is 10.3. The summed E-state index contributed by atoms with van der Waals surface area (Å²) in [6.07, 6.45) is 3.80. The predicted octanol–water partition coefficient (Wildman–Crippen LogP) is 1.30. The summed E-state index contributed by atoms with van der Waals surface area (Å²) in [5.41, 5.74) is 6.34. The first-order valence-electron chi connectivity index (χ1n) is 5.68. The van der Waals surface area contributed by atoms with Gasteiger partial charge in [-0.25, -0.2) is 4.98 Å². The highest BCUT2D eigenvalue weighted by Gasteiger charge is 2.13. The lowest BCUT2D eigenvalue weighted by molar-refractivity contribution is 0.102. The molecule has 0 radical (unpaired) electrons. The molecule has 0 saturated carbocycles. The Labute approximate surface area is 114 Å². The second-order valence-electron chi connectivity index (χ2n) is 3.70.